The van der Waals surface area contributed by atoms with Gasteiger partial charge in [0, 0.05) is 23.2 Å². The first-order valence-electron chi connectivity index (χ1n) is 8.98. The van der Waals surface area contributed by atoms with E-state index in [4.69, 9.17) is 4.98 Å². The van der Waals surface area contributed by atoms with Crippen molar-refractivity contribution in [3.05, 3.63) is 36.7 Å². The van der Waals surface area contributed by atoms with E-state index in [1.165, 1.54) is 44.4 Å². The average molecular weight is 337 g/mol. The standard InChI is InChI=1S/C19H20FN5/c20-13-6-14-15(8-23-19(14)22-7-13)17-9-21-10-18(25-17)24-16-5-11-1-3-12(16)4-2-11/h6-12,16H,1-5H2,(H,22,23)(H,24,25). The van der Waals surface area contributed by atoms with Gasteiger partial charge in [-0.15, -0.1) is 0 Å². The number of fused-ring (bicyclic) bond motifs is 4. The molecule has 3 saturated carbocycles. The molecule has 6 heteroatoms. The van der Waals surface area contributed by atoms with Crippen molar-refractivity contribution in [2.75, 3.05) is 5.32 Å². The molecule has 6 rings (SSSR count). The topological polar surface area (TPSA) is 66.5 Å². The van der Waals surface area contributed by atoms with Crippen LogP contribution in [0.25, 0.3) is 22.3 Å². The Hall–Kier alpha value is -2.50. The molecular formula is C19H20FN5. The number of hydrogen-bond acceptors (Lipinski definition) is 4. The molecule has 128 valence electrons. The van der Waals surface area contributed by atoms with E-state index in [2.05, 4.69) is 20.3 Å². The van der Waals surface area contributed by atoms with Gasteiger partial charge in [0.1, 0.15) is 17.3 Å². The molecule has 3 aromatic heterocycles. The number of aromatic amines is 1. The van der Waals surface area contributed by atoms with Gasteiger partial charge in [-0.1, -0.05) is 12.8 Å². The SMILES string of the molecule is Fc1cnc2[nH]cc(-c3cncc(NC4CC5CCC4CC5)n3)c2c1. The van der Waals surface area contributed by atoms with Crippen molar-refractivity contribution in [2.45, 2.75) is 38.1 Å². The Kier molecular flexibility index (Phi) is 3.43. The molecule has 3 fully saturated rings. The first-order chi connectivity index (χ1) is 12.3. The van der Waals surface area contributed by atoms with Crippen molar-refractivity contribution in [3.8, 4) is 11.3 Å². The second-order valence-electron chi connectivity index (χ2n) is 7.31. The number of H-pyrrole nitrogens is 1. The highest BCUT2D eigenvalue weighted by atomic mass is 19.1. The lowest BCUT2D eigenvalue weighted by molar-refractivity contribution is 0.157. The molecule has 3 heterocycles. The van der Waals surface area contributed by atoms with Gasteiger partial charge in [0.05, 0.1) is 24.3 Å². The highest BCUT2D eigenvalue weighted by Gasteiger charge is 2.35. The fourth-order valence-electron chi connectivity index (χ4n) is 4.50. The van der Waals surface area contributed by atoms with Crippen molar-refractivity contribution in [3.63, 3.8) is 0 Å². The fourth-order valence-corrected chi connectivity index (χ4v) is 4.50. The molecule has 2 N–H and O–H groups in total. The molecule has 3 aromatic rings. The number of anilines is 1. The molecule has 3 aliphatic carbocycles. The van der Waals surface area contributed by atoms with Gasteiger partial charge in [-0.05, 0) is 37.2 Å². The van der Waals surface area contributed by atoms with Crippen molar-refractivity contribution in [2.24, 2.45) is 11.8 Å². The van der Waals surface area contributed by atoms with Gasteiger partial charge < -0.3 is 10.3 Å². The Morgan fingerprint density at radius 1 is 1.12 bits per heavy atom. The lowest BCUT2D eigenvalue weighted by Crippen LogP contribution is -2.40. The highest BCUT2D eigenvalue weighted by Crippen LogP contribution is 2.42. The summed E-state index contributed by atoms with van der Waals surface area (Å²) in [4.78, 5) is 16.2. The second kappa shape index (κ2) is 5.79. The molecule has 3 aliphatic rings. The smallest absolute Gasteiger partial charge is 0.145 e. The molecule has 0 aliphatic heterocycles. The van der Waals surface area contributed by atoms with Crippen LogP contribution in [0.3, 0.4) is 0 Å². The summed E-state index contributed by atoms with van der Waals surface area (Å²) in [6, 6.07) is 1.98. The molecule has 0 aromatic carbocycles. The maximum absolute atomic E-state index is 13.6. The zero-order valence-corrected chi connectivity index (χ0v) is 13.9. The van der Waals surface area contributed by atoms with E-state index < -0.39 is 0 Å². The van der Waals surface area contributed by atoms with Crippen LogP contribution in [0.1, 0.15) is 32.1 Å². The Morgan fingerprint density at radius 2 is 2.00 bits per heavy atom. The molecule has 25 heavy (non-hydrogen) atoms. The van der Waals surface area contributed by atoms with Crippen molar-refractivity contribution >= 4 is 16.9 Å². The summed E-state index contributed by atoms with van der Waals surface area (Å²) in [5.41, 5.74) is 2.20. The Morgan fingerprint density at radius 3 is 2.80 bits per heavy atom. The van der Waals surface area contributed by atoms with Crippen LogP contribution in [0.15, 0.2) is 30.9 Å². The zero-order valence-electron chi connectivity index (χ0n) is 13.9. The predicted octanol–water partition coefficient (Wildman–Crippen LogP) is 4.15. The molecule has 0 saturated heterocycles. The summed E-state index contributed by atoms with van der Waals surface area (Å²) in [7, 11) is 0. The summed E-state index contributed by atoms with van der Waals surface area (Å²) in [5.74, 6) is 2.06. The van der Waals surface area contributed by atoms with Gasteiger partial charge in [-0.2, -0.15) is 0 Å². The van der Waals surface area contributed by atoms with Crippen LogP contribution in [0.5, 0.6) is 0 Å². The van der Waals surface area contributed by atoms with E-state index in [0.29, 0.717) is 11.7 Å². The first-order valence-corrected chi connectivity index (χ1v) is 8.98. The number of nitrogens with one attached hydrogen (secondary N) is 2. The number of aromatic nitrogens is 4. The van der Waals surface area contributed by atoms with Gasteiger partial charge in [0.15, 0.2) is 0 Å². The minimum absolute atomic E-state index is 0.353. The number of hydrogen-bond donors (Lipinski definition) is 2. The third-order valence-electron chi connectivity index (χ3n) is 5.79. The fraction of sp³-hybridized carbons (Fsp3) is 0.421. The number of halogens is 1. The average Bonchev–Trinajstić information content (AvgIpc) is 3.06. The van der Waals surface area contributed by atoms with Crippen LogP contribution in [-0.2, 0) is 0 Å². The number of pyridine rings is 1. The van der Waals surface area contributed by atoms with E-state index in [0.717, 1.165) is 34.3 Å². The van der Waals surface area contributed by atoms with Gasteiger partial charge >= 0.3 is 0 Å². The first kappa shape index (κ1) is 14.8. The van der Waals surface area contributed by atoms with E-state index in [1.807, 2.05) is 6.20 Å². The quantitative estimate of drug-likeness (QED) is 0.753. The monoisotopic (exact) mass is 337 g/mol. The van der Waals surface area contributed by atoms with E-state index in [9.17, 15) is 4.39 Å². The largest absolute Gasteiger partial charge is 0.366 e. The van der Waals surface area contributed by atoms with Gasteiger partial charge in [-0.3, -0.25) is 4.98 Å². The Labute approximate surface area is 145 Å². The number of nitrogens with zero attached hydrogens (tertiary/aromatic N) is 3. The minimum atomic E-state index is -0.353. The highest BCUT2D eigenvalue weighted by molar-refractivity contribution is 5.92. The molecule has 2 bridgehead atoms. The van der Waals surface area contributed by atoms with Crippen LogP contribution in [0.4, 0.5) is 10.2 Å². The van der Waals surface area contributed by atoms with Crippen LogP contribution < -0.4 is 5.32 Å². The van der Waals surface area contributed by atoms with Crippen LogP contribution in [0, 0.1) is 17.7 Å². The molecular weight excluding hydrogens is 317 g/mol. The van der Waals surface area contributed by atoms with Gasteiger partial charge in [0.25, 0.3) is 0 Å². The second-order valence-corrected chi connectivity index (χ2v) is 7.31. The molecule has 5 nitrogen and oxygen atoms in total. The van der Waals surface area contributed by atoms with E-state index in [-0.39, 0.29) is 5.82 Å². The zero-order chi connectivity index (χ0) is 16.8. The summed E-state index contributed by atoms with van der Waals surface area (Å²) in [6.45, 7) is 0. The van der Waals surface area contributed by atoms with Crippen molar-refractivity contribution in [1.29, 1.82) is 0 Å². The van der Waals surface area contributed by atoms with Crippen molar-refractivity contribution in [1.82, 2.24) is 19.9 Å². The molecule has 1 atom stereocenters. The van der Waals surface area contributed by atoms with Crippen LogP contribution in [0.2, 0.25) is 0 Å². The molecule has 0 spiro atoms. The van der Waals surface area contributed by atoms with Crippen molar-refractivity contribution < 1.29 is 4.39 Å². The summed E-state index contributed by atoms with van der Waals surface area (Å²) < 4.78 is 13.6. The van der Waals surface area contributed by atoms with Crippen LogP contribution in [-0.4, -0.2) is 26.0 Å². The molecule has 0 radical (unpaired) electrons. The maximum Gasteiger partial charge on any atom is 0.145 e. The third kappa shape index (κ3) is 2.65. The molecule has 1 unspecified atom stereocenters. The third-order valence-corrected chi connectivity index (χ3v) is 5.79. The van der Waals surface area contributed by atoms with E-state index in [1.54, 1.807) is 12.4 Å². The van der Waals surface area contributed by atoms with Gasteiger partial charge in [-0.25, -0.2) is 14.4 Å². The summed E-state index contributed by atoms with van der Waals surface area (Å²) >= 11 is 0. The maximum atomic E-state index is 13.6. The lowest BCUT2D eigenvalue weighted by Gasteiger charge is -2.42. The normalized spacial score (nSPS) is 25.4. The molecule has 0 amide bonds. The summed E-state index contributed by atoms with van der Waals surface area (Å²) in [5, 5.41) is 4.33. The predicted molar refractivity (Wildman–Crippen MR) is 94.6 cm³/mol. The lowest BCUT2D eigenvalue weighted by atomic mass is 9.68. The minimum Gasteiger partial charge on any atom is -0.366 e. The van der Waals surface area contributed by atoms with Crippen LogP contribution >= 0.6 is 0 Å². The van der Waals surface area contributed by atoms with E-state index >= 15 is 0 Å². The Balaban J connectivity index is 1.45. The van der Waals surface area contributed by atoms with Gasteiger partial charge in [0.2, 0.25) is 0 Å². The Bertz CT molecular complexity index is 913. The summed E-state index contributed by atoms with van der Waals surface area (Å²) in [6.07, 6.45) is 13.2. The number of rotatable bonds is 3.